The number of rotatable bonds is 8. The largest absolute Gasteiger partial charge is 0.444 e. The molecule has 0 radical (unpaired) electrons. The van der Waals surface area contributed by atoms with Crippen LogP contribution in [0.1, 0.15) is 67.6 Å². The molecule has 1 fully saturated rings. The Morgan fingerprint density at radius 2 is 1.90 bits per heavy atom. The van der Waals surface area contributed by atoms with Gasteiger partial charge in [-0.25, -0.2) is 13.2 Å². The number of carbonyl (C=O) groups is 2. The minimum atomic E-state index is -3.51. The first-order chi connectivity index (χ1) is 18.6. The number of sulfone groups is 1. The first-order valence-electron chi connectivity index (χ1n) is 13.2. The van der Waals surface area contributed by atoms with Crippen molar-refractivity contribution in [3.8, 4) is 0 Å². The number of hydrogen-bond acceptors (Lipinski definition) is 7. The molecule has 0 bridgehead atoms. The van der Waals surface area contributed by atoms with Crippen molar-refractivity contribution in [1.82, 2.24) is 15.5 Å². The lowest BCUT2D eigenvalue weighted by atomic mass is 9.99. The third-order valence-corrected chi connectivity index (χ3v) is 9.15. The number of benzene rings is 2. The summed E-state index contributed by atoms with van der Waals surface area (Å²) in [6.45, 7) is 10.8. The van der Waals surface area contributed by atoms with Gasteiger partial charge in [-0.05, 0) is 88.0 Å². The number of nitrogens with zero attached hydrogens (tertiary/aromatic N) is 1. The van der Waals surface area contributed by atoms with Crippen molar-refractivity contribution in [2.45, 2.75) is 77.1 Å². The van der Waals surface area contributed by atoms with Crippen LogP contribution in [0.2, 0.25) is 10.0 Å². The second-order valence-corrected chi connectivity index (χ2v) is 14.1. The fourth-order valence-electron chi connectivity index (χ4n) is 4.65. The van der Waals surface area contributed by atoms with Crippen LogP contribution in [-0.2, 0) is 27.7 Å². The lowest BCUT2D eigenvalue weighted by Crippen LogP contribution is -2.48. The van der Waals surface area contributed by atoms with E-state index in [1.54, 1.807) is 13.0 Å². The molecule has 1 saturated heterocycles. The van der Waals surface area contributed by atoms with E-state index in [0.29, 0.717) is 28.7 Å². The van der Waals surface area contributed by atoms with Crippen LogP contribution in [0.5, 0.6) is 0 Å². The molecule has 2 aromatic rings. The average Bonchev–Trinajstić information content (AvgIpc) is 2.86. The number of nitrogen functional groups attached to an aromatic ring is 1. The van der Waals surface area contributed by atoms with Crippen LogP contribution in [0.25, 0.3) is 0 Å². The molecule has 0 saturated carbocycles. The average molecular weight is 614 g/mol. The lowest BCUT2D eigenvalue weighted by Gasteiger charge is -2.34. The van der Waals surface area contributed by atoms with Crippen LogP contribution in [0.3, 0.4) is 0 Å². The SMILES string of the molecule is CCS(=O)(=O)c1ccc(Cl)cc1CNC(=O)c1cc(C)c(CN2CCC[C@@H](NC(=O)OC(C)(C)C)C2)c(Cl)c1N. The standard InChI is InChI=1S/C28H38Cl2N4O5S/c1-6-40(37,38)23-10-9-19(29)13-18(23)14-32-26(35)21-12-17(2)22(24(30)25(21)31)16-34-11-7-8-20(15-34)33-27(36)39-28(3,4)5/h9-10,12-13,20H,6-8,11,14-16,31H2,1-5H3,(H,32,35)(H,33,36)/t20-/m1/s1. The normalized spacial score (nSPS) is 16.4. The highest BCUT2D eigenvalue weighted by Crippen LogP contribution is 2.32. The fourth-order valence-corrected chi connectivity index (χ4v) is 6.27. The predicted octanol–water partition coefficient (Wildman–Crippen LogP) is 5.10. The first-order valence-corrected chi connectivity index (χ1v) is 15.6. The Morgan fingerprint density at radius 3 is 2.55 bits per heavy atom. The topological polar surface area (TPSA) is 131 Å². The maximum Gasteiger partial charge on any atom is 0.407 e. The molecule has 0 spiro atoms. The maximum absolute atomic E-state index is 13.1. The molecule has 3 rings (SSSR count). The van der Waals surface area contributed by atoms with E-state index < -0.39 is 27.4 Å². The van der Waals surface area contributed by atoms with Gasteiger partial charge in [0.05, 0.1) is 26.9 Å². The summed E-state index contributed by atoms with van der Waals surface area (Å²) in [5.74, 6) is -0.554. The highest BCUT2D eigenvalue weighted by molar-refractivity contribution is 7.91. The summed E-state index contributed by atoms with van der Waals surface area (Å²) in [6.07, 6.45) is 1.30. The zero-order chi connectivity index (χ0) is 29.8. The molecule has 0 aliphatic carbocycles. The summed E-state index contributed by atoms with van der Waals surface area (Å²) < 4.78 is 30.4. The maximum atomic E-state index is 13.1. The second-order valence-electron chi connectivity index (χ2n) is 11.0. The second kappa shape index (κ2) is 13.0. The molecule has 4 N–H and O–H groups in total. The first kappa shape index (κ1) is 32.0. The number of hydrogen-bond donors (Lipinski definition) is 3. The number of nitrogens with two attached hydrogens (primary N) is 1. The third-order valence-electron chi connectivity index (χ3n) is 6.66. The Bertz CT molecular complexity index is 1380. The predicted molar refractivity (Wildman–Crippen MR) is 159 cm³/mol. The van der Waals surface area contributed by atoms with Gasteiger partial charge >= 0.3 is 6.09 Å². The molecule has 1 aliphatic heterocycles. The molecule has 1 atom stereocenters. The van der Waals surface area contributed by atoms with Gasteiger partial charge in [-0.3, -0.25) is 9.69 Å². The van der Waals surface area contributed by atoms with Gasteiger partial charge in [0.2, 0.25) is 0 Å². The number of alkyl carbamates (subject to hydrolysis) is 1. The minimum Gasteiger partial charge on any atom is -0.444 e. The smallest absolute Gasteiger partial charge is 0.407 e. The number of piperidine rings is 1. The van der Waals surface area contributed by atoms with Gasteiger partial charge in [0.15, 0.2) is 9.84 Å². The Morgan fingerprint density at radius 1 is 1.20 bits per heavy atom. The molecule has 2 aromatic carbocycles. The molecule has 220 valence electrons. The molecule has 0 unspecified atom stereocenters. The van der Waals surface area contributed by atoms with E-state index >= 15 is 0 Å². The Kier molecular flexibility index (Phi) is 10.4. The molecule has 2 amide bonds. The van der Waals surface area contributed by atoms with Crippen molar-refractivity contribution in [2.24, 2.45) is 0 Å². The summed E-state index contributed by atoms with van der Waals surface area (Å²) in [5, 5.41) is 6.36. The number of likely N-dealkylation sites (tertiary alicyclic amines) is 1. The summed E-state index contributed by atoms with van der Waals surface area (Å²) >= 11 is 12.8. The third kappa shape index (κ3) is 8.25. The zero-order valence-corrected chi connectivity index (χ0v) is 25.9. The van der Waals surface area contributed by atoms with Gasteiger partial charge in [-0.1, -0.05) is 30.1 Å². The van der Waals surface area contributed by atoms with Crippen LogP contribution < -0.4 is 16.4 Å². The van der Waals surface area contributed by atoms with Crippen molar-refractivity contribution in [2.75, 3.05) is 24.6 Å². The molecule has 9 nitrogen and oxygen atoms in total. The van der Waals surface area contributed by atoms with Gasteiger partial charge in [0.1, 0.15) is 5.60 Å². The van der Waals surface area contributed by atoms with E-state index in [4.69, 9.17) is 33.7 Å². The molecule has 1 aliphatic rings. The van der Waals surface area contributed by atoms with Gasteiger partial charge in [-0.15, -0.1) is 0 Å². The van der Waals surface area contributed by atoms with Gasteiger partial charge in [0.25, 0.3) is 5.91 Å². The number of carbonyl (C=O) groups excluding carboxylic acids is 2. The van der Waals surface area contributed by atoms with Crippen molar-refractivity contribution in [1.29, 1.82) is 0 Å². The lowest BCUT2D eigenvalue weighted by molar-refractivity contribution is 0.0470. The zero-order valence-electron chi connectivity index (χ0n) is 23.6. The highest BCUT2D eigenvalue weighted by Gasteiger charge is 2.26. The monoisotopic (exact) mass is 612 g/mol. The van der Waals surface area contributed by atoms with Gasteiger partial charge < -0.3 is 21.1 Å². The fraction of sp³-hybridized carbons (Fsp3) is 0.500. The highest BCUT2D eigenvalue weighted by atomic mass is 35.5. The number of nitrogens with one attached hydrogen (secondary N) is 2. The van der Waals surface area contributed by atoms with Crippen LogP contribution in [-0.4, -0.2) is 55.8 Å². The number of anilines is 1. The quantitative estimate of drug-likeness (QED) is 0.353. The molecule has 0 aromatic heterocycles. The number of aryl methyl sites for hydroxylation is 1. The van der Waals surface area contributed by atoms with E-state index in [9.17, 15) is 18.0 Å². The summed E-state index contributed by atoms with van der Waals surface area (Å²) in [5.41, 5.74) is 8.09. The van der Waals surface area contributed by atoms with Crippen LogP contribution in [0.4, 0.5) is 10.5 Å². The summed E-state index contributed by atoms with van der Waals surface area (Å²) in [4.78, 5) is 27.6. The Balaban J connectivity index is 1.72. The van der Waals surface area contributed by atoms with Crippen LogP contribution >= 0.6 is 23.2 Å². The minimum absolute atomic E-state index is 0.0500. The van der Waals surface area contributed by atoms with E-state index in [2.05, 4.69) is 15.5 Å². The molecule has 1 heterocycles. The van der Waals surface area contributed by atoms with E-state index in [1.807, 2.05) is 27.7 Å². The Hall–Kier alpha value is -2.53. The van der Waals surface area contributed by atoms with E-state index in [0.717, 1.165) is 30.5 Å². The summed E-state index contributed by atoms with van der Waals surface area (Å²) in [7, 11) is -3.51. The molecule has 12 heteroatoms. The number of amides is 2. The number of halogens is 2. The number of ether oxygens (including phenoxy) is 1. The molecule has 40 heavy (non-hydrogen) atoms. The van der Waals surface area contributed by atoms with Crippen molar-refractivity contribution >= 4 is 50.7 Å². The van der Waals surface area contributed by atoms with Gasteiger partial charge in [-0.2, -0.15) is 0 Å². The van der Waals surface area contributed by atoms with E-state index in [-0.39, 0.29) is 34.5 Å². The van der Waals surface area contributed by atoms with Crippen molar-refractivity contribution in [3.05, 3.63) is 56.6 Å². The van der Waals surface area contributed by atoms with Gasteiger partial charge in [0, 0.05) is 30.7 Å². The van der Waals surface area contributed by atoms with Crippen molar-refractivity contribution < 1.29 is 22.7 Å². The molecular weight excluding hydrogens is 575 g/mol. The summed E-state index contributed by atoms with van der Waals surface area (Å²) in [6, 6.07) is 6.11. The van der Waals surface area contributed by atoms with E-state index in [1.165, 1.54) is 18.2 Å². The molecular formula is C28H38Cl2N4O5S. The van der Waals surface area contributed by atoms with Crippen LogP contribution in [0, 0.1) is 6.92 Å². The van der Waals surface area contributed by atoms with Crippen LogP contribution in [0.15, 0.2) is 29.2 Å². The Labute approximate surface area is 246 Å². The van der Waals surface area contributed by atoms with Crippen molar-refractivity contribution in [3.63, 3.8) is 0 Å².